The lowest BCUT2D eigenvalue weighted by atomic mass is 10.0. The van der Waals surface area contributed by atoms with Crippen LogP contribution in [0.4, 0.5) is 0 Å². The SMILES string of the molecule is CC(CNC(=O)C1CNC1)Cc1cccs1. The first-order chi connectivity index (χ1) is 7.75. The van der Waals surface area contributed by atoms with E-state index in [1.54, 1.807) is 11.3 Å². The molecule has 1 amide bonds. The van der Waals surface area contributed by atoms with E-state index < -0.39 is 0 Å². The molecule has 0 radical (unpaired) electrons. The highest BCUT2D eigenvalue weighted by atomic mass is 32.1. The van der Waals surface area contributed by atoms with Crippen LogP contribution in [0.15, 0.2) is 17.5 Å². The minimum absolute atomic E-state index is 0.203. The van der Waals surface area contributed by atoms with Gasteiger partial charge in [-0.15, -0.1) is 11.3 Å². The Hall–Kier alpha value is -0.870. The minimum Gasteiger partial charge on any atom is -0.355 e. The van der Waals surface area contributed by atoms with Crippen LogP contribution in [-0.2, 0) is 11.2 Å². The second-order valence-electron chi connectivity index (χ2n) is 4.49. The topological polar surface area (TPSA) is 41.1 Å². The summed E-state index contributed by atoms with van der Waals surface area (Å²) in [6, 6.07) is 4.23. The van der Waals surface area contributed by atoms with Crippen molar-refractivity contribution >= 4 is 17.2 Å². The summed E-state index contributed by atoms with van der Waals surface area (Å²) >= 11 is 1.78. The Bertz CT molecular complexity index is 333. The normalized spacial score (nSPS) is 17.8. The highest BCUT2D eigenvalue weighted by Crippen LogP contribution is 2.14. The van der Waals surface area contributed by atoms with Crippen molar-refractivity contribution < 1.29 is 4.79 Å². The maximum atomic E-state index is 11.6. The van der Waals surface area contributed by atoms with Gasteiger partial charge in [0.25, 0.3) is 0 Å². The third kappa shape index (κ3) is 3.06. The largest absolute Gasteiger partial charge is 0.355 e. The highest BCUT2D eigenvalue weighted by Gasteiger charge is 2.24. The zero-order chi connectivity index (χ0) is 11.4. The van der Waals surface area contributed by atoms with E-state index in [2.05, 4.69) is 35.1 Å². The Morgan fingerprint density at radius 3 is 3.06 bits per heavy atom. The summed E-state index contributed by atoms with van der Waals surface area (Å²) in [5.74, 6) is 0.918. The smallest absolute Gasteiger partial charge is 0.225 e. The molecule has 3 nitrogen and oxygen atoms in total. The van der Waals surface area contributed by atoms with E-state index in [0.29, 0.717) is 5.92 Å². The molecule has 2 N–H and O–H groups in total. The number of thiophene rings is 1. The fourth-order valence-electron chi connectivity index (χ4n) is 1.74. The maximum Gasteiger partial charge on any atom is 0.225 e. The predicted octanol–water partition coefficient (Wildman–Crippen LogP) is 1.26. The second-order valence-corrected chi connectivity index (χ2v) is 5.52. The highest BCUT2D eigenvalue weighted by molar-refractivity contribution is 7.09. The zero-order valence-corrected chi connectivity index (χ0v) is 10.3. The van der Waals surface area contributed by atoms with E-state index in [4.69, 9.17) is 0 Å². The van der Waals surface area contributed by atoms with Crippen LogP contribution in [0.3, 0.4) is 0 Å². The number of nitrogens with one attached hydrogen (secondary N) is 2. The lowest BCUT2D eigenvalue weighted by Crippen LogP contribution is -2.51. The standard InChI is InChI=1S/C12H18N2OS/c1-9(5-11-3-2-4-16-11)6-14-12(15)10-7-13-8-10/h2-4,9-10,13H,5-8H2,1H3,(H,14,15). The van der Waals surface area contributed by atoms with Crippen LogP contribution in [0.1, 0.15) is 11.8 Å². The van der Waals surface area contributed by atoms with Crippen LogP contribution in [0.25, 0.3) is 0 Å². The molecule has 1 aromatic rings. The van der Waals surface area contributed by atoms with Crippen molar-refractivity contribution in [3.8, 4) is 0 Å². The van der Waals surface area contributed by atoms with Gasteiger partial charge in [-0.1, -0.05) is 13.0 Å². The Labute approximate surface area is 100 Å². The summed E-state index contributed by atoms with van der Waals surface area (Å²) in [5.41, 5.74) is 0. The monoisotopic (exact) mass is 238 g/mol. The van der Waals surface area contributed by atoms with Crippen molar-refractivity contribution in [2.75, 3.05) is 19.6 Å². The summed E-state index contributed by atoms with van der Waals surface area (Å²) < 4.78 is 0. The van der Waals surface area contributed by atoms with E-state index in [-0.39, 0.29) is 11.8 Å². The Morgan fingerprint density at radius 2 is 2.50 bits per heavy atom. The number of hydrogen-bond acceptors (Lipinski definition) is 3. The van der Waals surface area contributed by atoms with Crippen molar-refractivity contribution in [1.82, 2.24) is 10.6 Å². The molecule has 1 aliphatic heterocycles. The molecule has 1 atom stereocenters. The van der Waals surface area contributed by atoms with Gasteiger partial charge in [0.1, 0.15) is 0 Å². The average molecular weight is 238 g/mol. The fourth-order valence-corrected chi connectivity index (χ4v) is 2.61. The number of carbonyl (C=O) groups excluding carboxylic acids is 1. The van der Waals surface area contributed by atoms with Gasteiger partial charge in [0, 0.05) is 24.5 Å². The molecule has 0 bridgehead atoms. The van der Waals surface area contributed by atoms with Gasteiger partial charge in [0.05, 0.1) is 5.92 Å². The summed E-state index contributed by atoms with van der Waals surface area (Å²) in [4.78, 5) is 13.0. The number of carbonyl (C=O) groups is 1. The van der Waals surface area contributed by atoms with E-state index in [9.17, 15) is 4.79 Å². The first-order valence-electron chi connectivity index (χ1n) is 5.76. The lowest BCUT2D eigenvalue weighted by molar-refractivity contribution is -0.126. The van der Waals surface area contributed by atoms with Gasteiger partial charge < -0.3 is 10.6 Å². The van der Waals surface area contributed by atoms with Gasteiger partial charge in [-0.25, -0.2) is 0 Å². The first-order valence-corrected chi connectivity index (χ1v) is 6.64. The molecular formula is C12H18N2OS. The molecule has 0 spiro atoms. The van der Waals surface area contributed by atoms with Crippen molar-refractivity contribution in [3.63, 3.8) is 0 Å². The van der Waals surface area contributed by atoms with E-state index >= 15 is 0 Å². The molecule has 4 heteroatoms. The van der Waals surface area contributed by atoms with E-state index in [1.807, 2.05) is 0 Å². The van der Waals surface area contributed by atoms with E-state index in [1.165, 1.54) is 4.88 Å². The van der Waals surface area contributed by atoms with Gasteiger partial charge in [-0.3, -0.25) is 4.79 Å². The molecule has 2 rings (SSSR count). The summed E-state index contributed by atoms with van der Waals surface area (Å²) in [7, 11) is 0. The molecule has 1 unspecified atom stereocenters. The van der Waals surface area contributed by atoms with Gasteiger partial charge in [-0.05, 0) is 23.8 Å². The lowest BCUT2D eigenvalue weighted by Gasteiger charge is -2.26. The van der Waals surface area contributed by atoms with Crippen LogP contribution in [0.2, 0.25) is 0 Å². The summed E-state index contributed by atoms with van der Waals surface area (Å²) in [6.45, 7) is 4.64. The molecule has 0 aromatic carbocycles. The van der Waals surface area contributed by atoms with Crippen LogP contribution < -0.4 is 10.6 Å². The molecular weight excluding hydrogens is 220 g/mol. The van der Waals surface area contributed by atoms with E-state index in [0.717, 1.165) is 26.1 Å². The predicted molar refractivity (Wildman–Crippen MR) is 66.6 cm³/mol. The quantitative estimate of drug-likeness (QED) is 0.811. The Balaban J connectivity index is 1.67. The molecule has 16 heavy (non-hydrogen) atoms. The first kappa shape index (κ1) is 11.6. The maximum absolute atomic E-state index is 11.6. The summed E-state index contributed by atoms with van der Waals surface area (Å²) in [6.07, 6.45) is 1.06. The third-order valence-corrected chi connectivity index (χ3v) is 3.81. The Kier molecular flexibility index (Phi) is 3.96. The number of rotatable bonds is 5. The molecule has 88 valence electrons. The van der Waals surface area contributed by atoms with Crippen molar-refractivity contribution in [3.05, 3.63) is 22.4 Å². The molecule has 0 aliphatic carbocycles. The molecule has 0 saturated carbocycles. The molecule has 1 aromatic heterocycles. The molecule has 1 aliphatic rings. The van der Waals surface area contributed by atoms with Gasteiger partial charge in [-0.2, -0.15) is 0 Å². The van der Waals surface area contributed by atoms with Crippen LogP contribution in [0.5, 0.6) is 0 Å². The molecule has 2 heterocycles. The van der Waals surface area contributed by atoms with Crippen molar-refractivity contribution in [2.45, 2.75) is 13.3 Å². The van der Waals surface area contributed by atoms with Crippen molar-refractivity contribution in [1.29, 1.82) is 0 Å². The van der Waals surface area contributed by atoms with Crippen molar-refractivity contribution in [2.24, 2.45) is 11.8 Å². The van der Waals surface area contributed by atoms with Crippen LogP contribution in [0, 0.1) is 11.8 Å². The van der Waals surface area contributed by atoms with Crippen LogP contribution >= 0.6 is 11.3 Å². The van der Waals surface area contributed by atoms with Gasteiger partial charge in [0.15, 0.2) is 0 Å². The number of hydrogen-bond donors (Lipinski definition) is 2. The minimum atomic E-state index is 0.203. The van der Waals surface area contributed by atoms with Gasteiger partial charge >= 0.3 is 0 Å². The Morgan fingerprint density at radius 1 is 1.69 bits per heavy atom. The average Bonchev–Trinajstić information content (AvgIpc) is 2.64. The van der Waals surface area contributed by atoms with Crippen LogP contribution in [-0.4, -0.2) is 25.5 Å². The molecule has 1 fully saturated rings. The third-order valence-electron chi connectivity index (χ3n) is 2.91. The summed E-state index contributed by atoms with van der Waals surface area (Å²) in [5, 5.41) is 8.23. The fraction of sp³-hybridized carbons (Fsp3) is 0.583. The number of amides is 1. The zero-order valence-electron chi connectivity index (χ0n) is 9.53. The molecule has 1 saturated heterocycles. The van der Waals surface area contributed by atoms with Gasteiger partial charge in [0.2, 0.25) is 5.91 Å². The second kappa shape index (κ2) is 5.46.